The first-order valence-corrected chi connectivity index (χ1v) is 9.89. The van der Waals surface area contributed by atoms with Crippen molar-refractivity contribution in [3.8, 4) is 0 Å². The van der Waals surface area contributed by atoms with Gasteiger partial charge in [-0.1, -0.05) is 77.3 Å². The average molecular weight is 475 g/mol. The van der Waals surface area contributed by atoms with E-state index in [0.717, 1.165) is 5.56 Å². The van der Waals surface area contributed by atoms with Gasteiger partial charge in [0.2, 0.25) is 9.70 Å². The molecule has 0 heterocycles. The van der Waals surface area contributed by atoms with Gasteiger partial charge < -0.3 is 20.7 Å². The molecule has 29 heavy (non-hydrogen) atoms. The fraction of sp³-hybridized carbons (Fsp3) is 0.211. The number of thiocarbonyl (C=S) groups is 1. The number of alkyl halides is 3. The van der Waals surface area contributed by atoms with Crippen molar-refractivity contribution >= 4 is 69.7 Å². The summed E-state index contributed by atoms with van der Waals surface area (Å²) < 4.78 is 2.85. The number of carbonyl (C=O) groups is 2. The number of benzene rings is 2. The van der Waals surface area contributed by atoms with E-state index in [2.05, 4.69) is 16.0 Å². The Morgan fingerprint density at radius 1 is 1.03 bits per heavy atom. The molecule has 0 aliphatic carbocycles. The van der Waals surface area contributed by atoms with Crippen molar-refractivity contribution in [3.05, 3.63) is 65.7 Å². The van der Waals surface area contributed by atoms with Gasteiger partial charge in [0.05, 0.1) is 24.8 Å². The third-order valence-corrected chi connectivity index (χ3v) is 4.57. The number of para-hydroxylation sites is 1. The highest BCUT2D eigenvalue weighted by atomic mass is 35.6. The molecule has 1 unspecified atom stereocenters. The molecule has 0 fully saturated rings. The predicted molar refractivity (Wildman–Crippen MR) is 120 cm³/mol. The van der Waals surface area contributed by atoms with Gasteiger partial charge in [0.15, 0.2) is 5.11 Å². The van der Waals surface area contributed by atoms with E-state index in [0.29, 0.717) is 5.69 Å². The first kappa shape index (κ1) is 23.2. The summed E-state index contributed by atoms with van der Waals surface area (Å²) in [5.41, 5.74) is 1.48. The molecule has 0 radical (unpaired) electrons. The minimum Gasteiger partial charge on any atom is -0.465 e. The normalized spacial score (nSPS) is 11.9. The summed E-state index contributed by atoms with van der Waals surface area (Å²) >= 11 is 23.2. The van der Waals surface area contributed by atoms with Crippen LogP contribution in [0.3, 0.4) is 0 Å². The number of anilines is 1. The molecule has 10 heteroatoms. The Balaban J connectivity index is 2.06. The van der Waals surface area contributed by atoms with Crippen LogP contribution in [0, 0.1) is 0 Å². The Kier molecular flexibility index (Phi) is 8.52. The van der Waals surface area contributed by atoms with E-state index in [1.54, 1.807) is 24.3 Å². The van der Waals surface area contributed by atoms with Crippen molar-refractivity contribution < 1.29 is 14.3 Å². The number of rotatable bonds is 6. The molecule has 154 valence electrons. The van der Waals surface area contributed by atoms with Crippen LogP contribution in [0.1, 0.15) is 15.9 Å². The van der Waals surface area contributed by atoms with Crippen molar-refractivity contribution in [2.24, 2.45) is 0 Å². The van der Waals surface area contributed by atoms with Crippen LogP contribution in [0.4, 0.5) is 5.69 Å². The van der Waals surface area contributed by atoms with Crippen molar-refractivity contribution in [1.82, 2.24) is 10.6 Å². The highest BCUT2D eigenvalue weighted by Gasteiger charge is 2.34. The van der Waals surface area contributed by atoms with Crippen LogP contribution >= 0.6 is 47.0 Å². The molecular formula is C19H18Cl3N3O3S. The highest BCUT2D eigenvalue weighted by Crippen LogP contribution is 2.29. The number of halogens is 3. The van der Waals surface area contributed by atoms with Gasteiger partial charge in [-0.3, -0.25) is 4.79 Å². The van der Waals surface area contributed by atoms with E-state index < -0.39 is 15.9 Å². The number of hydrogen-bond acceptors (Lipinski definition) is 4. The monoisotopic (exact) mass is 473 g/mol. The van der Waals surface area contributed by atoms with Gasteiger partial charge in [0, 0.05) is 0 Å². The van der Waals surface area contributed by atoms with E-state index in [1.807, 2.05) is 30.3 Å². The molecule has 0 saturated heterocycles. The molecule has 2 aromatic carbocycles. The molecule has 6 nitrogen and oxygen atoms in total. The minimum atomic E-state index is -1.89. The van der Waals surface area contributed by atoms with Crippen LogP contribution in [0.2, 0.25) is 0 Å². The summed E-state index contributed by atoms with van der Waals surface area (Å²) in [5.74, 6) is -0.900. The minimum absolute atomic E-state index is 0.0395. The highest BCUT2D eigenvalue weighted by molar-refractivity contribution is 7.80. The number of amides is 1. The fourth-order valence-corrected chi connectivity index (χ4v) is 2.92. The summed E-state index contributed by atoms with van der Waals surface area (Å²) in [7, 11) is 1.27. The summed E-state index contributed by atoms with van der Waals surface area (Å²) in [6, 6.07) is 15.7. The Morgan fingerprint density at radius 2 is 1.66 bits per heavy atom. The van der Waals surface area contributed by atoms with Crippen molar-refractivity contribution in [2.75, 3.05) is 12.4 Å². The van der Waals surface area contributed by atoms with Crippen LogP contribution in [0.25, 0.3) is 0 Å². The second-order valence-corrected chi connectivity index (χ2v) is 8.62. The summed E-state index contributed by atoms with van der Waals surface area (Å²) in [4.78, 5) is 24.2. The molecule has 3 N–H and O–H groups in total. The van der Waals surface area contributed by atoms with E-state index >= 15 is 0 Å². The van der Waals surface area contributed by atoms with Crippen molar-refractivity contribution in [1.29, 1.82) is 0 Å². The molecule has 0 saturated carbocycles. The summed E-state index contributed by atoms with van der Waals surface area (Å²) in [6.07, 6.45) is -1.01. The van der Waals surface area contributed by atoms with E-state index in [1.165, 1.54) is 7.11 Å². The zero-order valence-corrected chi connectivity index (χ0v) is 18.3. The standard InChI is InChI=1S/C19H18Cl3N3O3S/c1-28-16(27)13-9-5-6-10-14(13)23-18(29)25-17(19(20,21)22)24-15(26)11-12-7-3-2-4-8-12/h2-10,17H,11H2,1H3,(H,24,26)(H2,23,25,29). The lowest BCUT2D eigenvalue weighted by molar-refractivity contribution is -0.121. The molecule has 1 atom stereocenters. The Hall–Kier alpha value is -2.06. The van der Waals surface area contributed by atoms with Crippen molar-refractivity contribution in [2.45, 2.75) is 16.4 Å². The van der Waals surface area contributed by atoms with Gasteiger partial charge in [-0.2, -0.15) is 0 Å². The quantitative estimate of drug-likeness (QED) is 0.256. The van der Waals surface area contributed by atoms with Crippen LogP contribution in [0.15, 0.2) is 54.6 Å². The second kappa shape index (κ2) is 10.6. The van der Waals surface area contributed by atoms with Crippen LogP contribution in [0.5, 0.6) is 0 Å². The van der Waals surface area contributed by atoms with Crippen LogP contribution in [-0.2, 0) is 16.0 Å². The molecule has 2 rings (SSSR count). The molecule has 1 amide bonds. The van der Waals surface area contributed by atoms with Crippen molar-refractivity contribution in [3.63, 3.8) is 0 Å². The Labute approximate surface area is 188 Å². The third kappa shape index (κ3) is 7.36. The van der Waals surface area contributed by atoms with E-state index in [-0.39, 0.29) is 23.0 Å². The van der Waals surface area contributed by atoms with Gasteiger partial charge in [-0.25, -0.2) is 4.79 Å². The topological polar surface area (TPSA) is 79.5 Å². The fourth-order valence-electron chi connectivity index (χ4n) is 2.36. The summed E-state index contributed by atoms with van der Waals surface area (Å²) in [5, 5.41) is 8.24. The SMILES string of the molecule is COC(=O)c1ccccc1NC(=S)NC(NC(=O)Cc1ccccc1)C(Cl)(Cl)Cl. The number of hydrogen-bond donors (Lipinski definition) is 3. The first-order chi connectivity index (χ1) is 13.7. The lowest BCUT2D eigenvalue weighted by Crippen LogP contribution is -2.56. The van der Waals surface area contributed by atoms with E-state index in [4.69, 9.17) is 51.8 Å². The predicted octanol–water partition coefficient (Wildman–Crippen LogP) is 3.81. The van der Waals surface area contributed by atoms with Crippen LogP contribution < -0.4 is 16.0 Å². The molecule has 2 aromatic rings. The largest absolute Gasteiger partial charge is 0.465 e. The molecule has 0 aliphatic rings. The number of methoxy groups -OCH3 is 1. The zero-order valence-electron chi connectivity index (χ0n) is 15.2. The number of ether oxygens (including phenoxy) is 1. The smallest absolute Gasteiger partial charge is 0.339 e. The number of nitrogens with one attached hydrogen (secondary N) is 3. The van der Waals surface area contributed by atoms with Crippen LogP contribution in [-0.4, -0.2) is 34.1 Å². The molecular weight excluding hydrogens is 457 g/mol. The van der Waals surface area contributed by atoms with Gasteiger partial charge in [0.1, 0.15) is 6.17 Å². The third-order valence-electron chi connectivity index (χ3n) is 3.70. The molecule has 0 bridgehead atoms. The van der Waals surface area contributed by atoms with E-state index in [9.17, 15) is 9.59 Å². The maximum atomic E-state index is 12.3. The van der Waals surface area contributed by atoms with Gasteiger partial charge in [-0.15, -0.1) is 0 Å². The Morgan fingerprint density at radius 3 is 2.28 bits per heavy atom. The molecule has 0 aliphatic heterocycles. The van der Waals surface area contributed by atoms with Gasteiger partial charge >= 0.3 is 5.97 Å². The summed E-state index contributed by atoms with van der Waals surface area (Å²) in [6.45, 7) is 0. The Bertz CT molecular complexity index is 876. The van der Waals surface area contributed by atoms with Gasteiger partial charge in [-0.05, 0) is 29.9 Å². The number of esters is 1. The lowest BCUT2D eigenvalue weighted by atomic mass is 10.1. The average Bonchev–Trinajstić information content (AvgIpc) is 2.67. The maximum absolute atomic E-state index is 12.3. The zero-order chi connectivity index (χ0) is 21.4. The number of carbonyl (C=O) groups excluding carboxylic acids is 2. The molecule has 0 spiro atoms. The van der Waals surface area contributed by atoms with Gasteiger partial charge in [0.25, 0.3) is 0 Å². The maximum Gasteiger partial charge on any atom is 0.339 e. The molecule has 0 aromatic heterocycles. The second-order valence-electron chi connectivity index (χ2n) is 5.84. The lowest BCUT2D eigenvalue weighted by Gasteiger charge is -2.28. The first-order valence-electron chi connectivity index (χ1n) is 8.35.